The highest BCUT2D eigenvalue weighted by Gasteiger charge is 2.32. The Kier molecular flexibility index (Phi) is 13.4. The lowest BCUT2D eigenvalue weighted by Gasteiger charge is -2.28. The number of carbonyl (C=O) groups is 6. The summed E-state index contributed by atoms with van der Waals surface area (Å²) in [6, 6.07) is 15.8. The van der Waals surface area contributed by atoms with Gasteiger partial charge in [-0.05, 0) is 56.0 Å². The van der Waals surface area contributed by atoms with Gasteiger partial charge in [0.1, 0.15) is 41.1 Å². The quantitative estimate of drug-likeness (QED) is 0.235. The van der Waals surface area contributed by atoms with Crippen molar-refractivity contribution in [3.05, 3.63) is 99.2 Å². The first-order chi connectivity index (χ1) is 26.2. The lowest BCUT2D eigenvalue weighted by Crippen LogP contribution is -2.57. The largest absolute Gasteiger partial charge is 0.451 e. The fraction of sp³-hybridized carbons (Fsp3) is 0.359. The van der Waals surface area contributed by atoms with Crippen molar-refractivity contribution in [2.24, 2.45) is 5.92 Å². The van der Waals surface area contributed by atoms with Gasteiger partial charge in [-0.25, -0.2) is 4.98 Å². The lowest BCUT2D eigenvalue weighted by atomic mass is 10.0. The summed E-state index contributed by atoms with van der Waals surface area (Å²) in [5.74, 6) is -3.46. The number of furan rings is 1. The van der Waals surface area contributed by atoms with Crippen LogP contribution in [0.2, 0.25) is 5.02 Å². The highest BCUT2D eigenvalue weighted by molar-refractivity contribution is 7.09. The number of benzene rings is 2. The molecule has 1 aliphatic heterocycles. The Morgan fingerprint density at radius 1 is 0.891 bits per heavy atom. The third kappa shape index (κ3) is 10.4. The molecule has 0 spiro atoms. The Morgan fingerprint density at radius 3 is 2.31 bits per heavy atom. The molecule has 2 aromatic heterocycles. The Labute approximate surface area is 328 Å². The molecule has 4 aromatic rings. The number of hydrogen-bond acceptors (Lipinski definition) is 9. The molecule has 16 heteroatoms. The molecule has 1 aliphatic rings. The number of rotatable bonds is 5. The van der Waals surface area contributed by atoms with Crippen LogP contribution in [0.3, 0.4) is 0 Å². The van der Waals surface area contributed by atoms with E-state index in [2.05, 4.69) is 26.3 Å². The fourth-order valence-electron chi connectivity index (χ4n) is 5.91. The first-order valence-corrected chi connectivity index (χ1v) is 19.1. The molecule has 0 fully saturated rings. The standard InChI is InChI=1S/C39H44ClN7O7S/c1-22(2)33-36(51)42-24(4)38(52)46(5)17-18-47(39(53)31-16-15-30(54-31)26-13-9-10-14-27(26)40)20-32(48)43-28(19-25-11-7-6-8-12-25)37-44-29(21-55-37)35(50)41-23(3)34(49)45-33/h6-16,21-24,28,33H,17-20H2,1-5H3,(H,41,50)(H,42,51)(H,43,48)(H,45,49)/t23-,24+,28-,33-/m0/s1. The van der Waals surface area contributed by atoms with E-state index < -0.39 is 66.2 Å². The zero-order valence-corrected chi connectivity index (χ0v) is 32.7. The van der Waals surface area contributed by atoms with Crippen molar-refractivity contribution in [2.45, 2.75) is 58.3 Å². The summed E-state index contributed by atoms with van der Waals surface area (Å²) in [6.45, 7) is 5.99. The van der Waals surface area contributed by atoms with Crippen molar-refractivity contribution in [1.29, 1.82) is 0 Å². The van der Waals surface area contributed by atoms with E-state index >= 15 is 0 Å². The van der Waals surface area contributed by atoms with Crippen LogP contribution in [0.4, 0.5) is 0 Å². The van der Waals surface area contributed by atoms with E-state index in [4.69, 9.17) is 16.0 Å². The maximum atomic E-state index is 14.0. The van der Waals surface area contributed by atoms with Gasteiger partial charge in [0.05, 0.1) is 11.1 Å². The maximum absolute atomic E-state index is 14.0. The number of fused-ring (bicyclic) bond motifs is 2. The summed E-state index contributed by atoms with van der Waals surface area (Å²) in [5, 5.41) is 13.4. The van der Waals surface area contributed by atoms with E-state index in [-0.39, 0.29) is 30.5 Å². The number of nitrogens with zero attached hydrogens (tertiary/aromatic N) is 3. The SMILES string of the molecule is CC(C)[C@@H]1NC(=O)[C@H](C)NC(=O)c2csc(n2)[C@H](Cc2ccccc2)NC(=O)CN(C(=O)c2ccc(-c3ccccc3Cl)o2)CCN(C)C(=O)[C@@H](C)NC1=O. The molecule has 14 nitrogen and oxygen atoms in total. The van der Waals surface area contributed by atoms with Crippen molar-refractivity contribution in [3.8, 4) is 11.3 Å². The number of hydrogen-bond donors (Lipinski definition) is 4. The van der Waals surface area contributed by atoms with Crippen molar-refractivity contribution in [3.63, 3.8) is 0 Å². The van der Waals surface area contributed by atoms with Crippen LogP contribution < -0.4 is 21.3 Å². The smallest absolute Gasteiger partial charge is 0.290 e. The van der Waals surface area contributed by atoms with Crippen molar-refractivity contribution in [2.75, 3.05) is 26.7 Å². The zero-order chi connectivity index (χ0) is 39.8. The molecule has 4 N–H and O–H groups in total. The van der Waals surface area contributed by atoms with Crippen LogP contribution in [0.5, 0.6) is 0 Å². The first-order valence-electron chi connectivity index (χ1n) is 17.8. The molecule has 6 amide bonds. The van der Waals surface area contributed by atoms with Crippen LogP contribution in [0, 0.1) is 5.92 Å². The monoisotopic (exact) mass is 789 g/mol. The fourth-order valence-corrected chi connectivity index (χ4v) is 6.99. The molecule has 2 aromatic carbocycles. The van der Waals surface area contributed by atoms with E-state index in [9.17, 15) is 28.8 Å². The predicted molar refractivity (Wildman–Crippen MR) is 207 cm³/mol. The number of aromatic nitrogens is 1. The Bertz CT molecular complexity index is 2030. The number of halogens is 1. The maximum Gasteiger partial charge on any atom is 0.290 e. The van der Waals surface area contributed by atoms with Crippen molar-refractivity contribution >= 4 is 58.4 Å². The number of thiazole rings is 1. The average Bonchev–Trinajstić information content (AvgIpc) is 3.86. The zero-order valence-electron chi connectivity index (χ0n) is 31.1. The molecular weight excluding hydrogens is 746 g/mol. The highest BCUT2D eigenvalue weighted by Crippen LogP contribution is 2.29. The number of likely N-dealkylation sites (N-methyl/N-ethyl adjacent to an activating group) is 1. The van der Waals surface area contributed by atoms with Crippen LogP contribution in [0.1, 0.15) is 65.4 Å². The minimum atomic E-state index is -1.04. The third-order valence-electron chi connectivity index (χ3n) is 9.05. The van der Waals surface area contributed by atoms with Gasteiger partial charge in [-0.1, -0.05) is 67.9 Å². The second-order valence-electron chi connectivity index (χ2n) is 13.7. The van der Waals surface area contributed by atoms with Gasteiger partial charge in [0.15, 0.2) is 5.76 Å². The summed E-state index contributed by atoms with van der Waals surface area (Å²) in [6.07, 6.45) is 0.319. The Balaban J connectivity index is 1.48. The minimum absolute atomic E-state index is 0.00489. The van der Waals surface area contributed by atoms with E-state index in [1.165, 1.54) is 42.1 Å². The molecule has 2 bridgehead atoms. The summed E-state index contributed by atoms with van der Waals surface area (Å²) in [5.41, 5.74) is 1.51. The predicted octanol–water partition coefficient (Wildman–Crippen LogP) is 3.83. The molecule has 55 heavy (non-hydrogen) atoms. The van der Waals surface area contributed by atoms with Crippen LogP contribution >= 0.6 is 22.9 Å². The molecule has 5 rings (SSSR count). The number of carbonyl (C=O) groups excluding carboxylic acids is 6. The third-order valence-corrected chi connectivity index (χ3v) is 10.3. The van der Waals surface area contributed by atoms with E-state index in [0.717, 1.165) is 16.9 Å². The minimum Gasteiger partial charge on any atom is -0.451 e. The van der Waals surface area contributed by atoms with Gasteiger partial charge in [-0.2, -0.15) is 0 Å². The van der Waals surface area contributed by atoms with E-state index in [1.807, 2.05) is 30.3 Å². The topological polar surface area (TPSA) is 183 Å². The molecule has 290 valence electrons. The first kappa shape index (κ1) is 40.6. The van der Waals surface area contributed by atoms with Crippen LogP contribution in [-0.4, -0.2) is 95.0 Å². The second-order valence-corrected chi connectivity index (χ2v) is 15.0. The van der Waals surface area contributed by atoms with Gasteiger partial charge in [-0.3, -0.25) is 28.8 Å². The molecule has 0 radical (unpaired) electrons. The van der Waals surface area contributed by atoms with Gasteiger partial charge in [0.2, 0.25) is 23.6 Å². The van der Waals surface area contributed by atoms with Crippen LogP contribution in [0.25, 0.3) is 11.3 Å². The lowest BCUT2D eigenvalue weighted by molar-refractivity contribution is -0.136. The van der Waals surface area contributed by atoms with Gasteiger partial charge >= 0.3 is 0 Å². The summed E-state index contributed by atoms with van der Waals surface area (Å²) in [7, 11) is 1.52. The Hall–Kier alpha value is -5.54. The van der Waals surface area contributed by atoms with Gasteiger partial charge in [-0.15, -0.1) is 11.3 Å². The van der Waals surface area contributed by atoms with Crippen LogP contribution in [-0.2, 0) is 25.6 Å². The molecule has 0 saturated carbocycles. The average molecular weight is 790 g/mol. The number of nitrogens with one attached hydrogen (secondary N) is 4. The van der Waals surface area contributed by atoms with E-state index in [0.29, 0.717) is 27.8 Å². The summed E-state index contributed by atoms with van der Waals surface area (Å²) >= 11 is 7.53. The summed E-state index contributed by atoms with van der Waals surface area (Å²) in [4.78, 5) is 88.3. The molecule has 0 aliphatic carbocycles. The van der Waals surface area contributed by atoms with Gasteiger partial charge in [0.25, 0.3) is 11.8 Å². The molecule has 4 atom stereocenters. The molecule has 3 heterocycles. The molecular formula is C39H44ClN7O7S. The van der Waals surface area contributed by atoms with Gasteiger partial charge in [0, 0.05) is 31.1 Å². The summed E-state index contributed by atoms with van der Waals surface area (Å²) < 4.78 is 5.94. The number of amides is 6. The van der Waals surface area contributed by atoms with Crippen LogP contribution in [0.15, 0.2) is 76.5 Å². The van der Waals surface area contributed by atoms with E-state index in [1.54, 1.807) is 44.2 Å². The van der Waals surface area contributed by atoms with Gasteiger partial charge < -0.3 is 35.5 Å². The second kappa shape index (κ2) is 18.2. The highest BCUT2D eigenvalue weighted by atomic mass is 35.5. The van der Waals surface area contributed by atoms with Crippen molar-refractivity contribution < 1.29 is 33.2 Å². The molecule has 0 unspecified atom stereocenters. The van der Waals surface area contributed by atoms with Crippen molar-refractivity contribution in [1.82, 2.24) is 36.1 Å². The normalized spacial score (nSPS) is 21.0. The Morgan fingerprint density at radius 2 is 1.60 bits per heavy atom. The molecule has 0 saturated heterocycles.